The quantitative estimate of drug-likeness (QED) is 0.273. The summed E-state index contributed by atoms with van der Waals surface area (Å²) in [5, 5.41) is 16.1. The highest BCUT2D eigenvalue weighted by molar-refractivity contribution is 5.79. The lowest BCUT2D eigenvalue weighted by molar-refractivity contribution is -0.272. The second-order valence-electron chi connectivity index (χ2n) is 6.12. The average Bonchev–Trinajstić information content (AvgIpc) is 3.06. The second kappa shape index (κ2) is 11.9. The van der Waals surface area contributed by atoms with Crippen LogP contribution in [0.2, 0.25) is 0 Å². The average molecular weight is 409 g/mol. The summed E-state index contributed by atoms with van der Waals surface area (Å²) in [5.41, 5.74) is -3.05. The summed E-state index contributed by atoms with van der Waals surface area (Å²) in [6.45, 7) is 4.25. The van der Waals surface area contributed by atoms with Crippen molar-refractivity contribution in [1.29, 1.82) is 0 Å². The predicted molar refractivity (Wildman–Crippen MR) is 99.1 cm³/mol. The van der Waals surface area contributed by atoms with Gasteiger partial charge in [-0.3, -0.25) is 4.99 Å². The van der Waals surface area contributed by atoms with Crippen LogP contribution in [0.4, 0.5) is 13.2 Å². The highest BCUT2D eigenvalue weighted by Crippen LogP contribution is 2.40. The molecular weight excluding hydrogens is 379 g/mol. The number of imidazole rings is 1. The number of guanidine groups is 1. The Labute approximate surface area is 163 Å². The van der Waals surface area contributed by atoms with Gasteiger partial charge in [-0.05, 0) is 13.3 Å². The topological polar surface area (TPSA) is 92.9 Å². The fraction of sp³-hybridized carbons (Fsp3) is 0.765. The Morgan fingerprint density at radius 1 is 1.29 bits per heavy atom. The van der Waals surface area contributed by atoms with Crippen molar-refractivity contribution < 1.29 is 27.8 Å². The molecule has 0 amide bonds. The van der Waals surface area contributed by atoms with Gasteiger partial charge in [0.05, 0.1) is 13.2 Å². The summed E-state index contributed by atoms with van der Waals surface area (Å²) in [6.07, 6.45) is -2.21. The number of methoxy groups -OCH3 is 1. The molecule has 0 aliphatic heterocycles. The first kappa shape index (κ1) is 24.2. The zero-order valence-electron chi connectivity index (χ0n) is 16.6. The van der Waals surface area contributed by atoms with E-state index in [-0.39, 0.29) is 6.54 Å². The van der Waals surface area contributed by atoms with Gasteiger partial charge in [0.15, 0.2) is 5.96 Å². The fourth-order valence-corrected chi connectivity index (χ4v) is 2.45. The molecule has 1 aromatic rings. The van der Waals surface area contributed by atoms with Gasteiger partial charge in [0, 0.05) is 59.2 Å². The number of nitrogens with zero attached hydrogens (tertiary/aromatic N) is 3. The molecule has 0 aliphatic rings. The first-order chi connectivity index (χ1) is 13.3. The largest absolute Gasteiger partial charge is 0.424 e. The standard InChI is InChI=1S/C17H30F3N5O3/c1-4-21-15(23-7-5-11-28-13-12-27-3)24-8-6-16(26,17(18,19)20)14-22-9-10-25(14)2/h9-10,26H,4-8,11-13H2,1-3H3,(H2,21,23,24). The van der Waals surface area contributed by atoms with Crippen LogP contribution in [0.3, 0.4) is 0 Å². The Balaban J connectivity index is 2.59. The Morgan fingerprint density at radius 2 is 2.04 bits per heavy atom. The van der Waals surface area contributed by atoms with Crippen molar-refractivity contribution in [1.82, 2.24) is 20.2 Å². The van der Waals surface area contributed by atoms with Crippen molar-refractivity contribution in [3.63, 3.8) is 0 Å². The van der Waals surface area contributed by atoms with Crippen LogP contribution < -0.4 is 10.6 Å². The molecule has 1 rings (SSSR count). The van der Waals surface area contributed by atoms with E-state index in [9.17, 15) is 18.3 Å². The van der Waals surface area contributed by atoms with E-state index in [2.05, 4.69) is 20.6 Å². The lowest BCUT2D eigenvalue weighted by atomic mass is 9.97. The molecule has 1 heterocycles. The molecule has 28 heavy (non-hydrogen) atoms. The van der Waals surface area contributed by atoms with Crippen molar-refractivity contribution in [2.45, 2.75) is 31.5 Å². The smallest absolute Gasteiger partial charge is 0.382 e. The first-order valence-electron chi connectivity index (χ1n) is 9.12. The van der Waals surface area contributed by atoms with Crippen LogP contribution in [-0.2, 0) is 22.1 Å². The lowest BCUT2D eigenvalue weighted by Gasteiger charge is -2.30. The van der Waals surface area contributed by atoms with Crippen molar-refractivity contribution in [3.8, 4) is 0 Å². The molecular formula is C17H30F3N5O3. The van der Waals surface area contributed by atoms with Crippen LogP contribution in [-0.4, -0.2) is 73.4 Å². The first-order valence-corrected chi connectivity index (χ1v) is 9.12. The number of ether oxygens (including phenoxy) is 2. The third-order valence-electron chi connectivity index (χ3n) is 3.93. The third kappa shape index (κ3) is 7.28. The number of nitrogens with one attached hydrogen (secondary N) is 2. The van der Waals surface area contributed by atoms with E-state index in [4.69, 9.17) is 9.47 Å². The Morgan fingerprint density at radius 3 is 2.61 bits per heavy atom. The number of hydrogen-bond acceptors (Lipinski definition) is 5. The maximum atomic E-state index is 13.5. The maximum Gasteiger partial charge on any atom is 0.424 e. The zero-order chi connectivity index (χ0) is 21.0. The van der Waals surface area contributed by atoms with Gasteiger partial charge in [-0.25, -0.2) is 4.98 Å². The van der Waals surface area contributed by atoms with Gasteiger partial charge in [-0.15, -0.1) is 0 Å². The minimum Gasteiger partial charge on any atom is -0.382 e. The molecule has 162 valence electrons. The highest BCUT2D eigenvalue weighted by Gasteiger charge is 2.57. The minimum absolute atomic E-state index is 0.140. The van der Waals surface area contributed by atoms with E-state index in [0.717, 1.165) is 4.57 Å². The van der Waals surface area contributed by atoms with E-state index in [1.54, 1.807) is 7.11 Å². The van der Waals surface area contributed by atoms with Crippen LogP contribution in [0.15, 0.2) is 17.4 Å². The number of aliphatic imine (C=N–C) groups is 1. The van der Waals surface area contributed by atoms with Gasteiger partial charge in [0.1, 0.15) is 5.82 Å². The molecule has 3 N–H and O–H groups in total. The molecule has 0 saturated carbocycles. The Bertz CT molecular complexity index is 595. The van der Waals surface area contributed by atoms with Gasteiger partial charge in [0.25, 0.3) is 0 Å². The number of alkyl halides is 3. The summed E-state index contributed by atoms with van der Waals surface area (Å²) in [4.78, 5) is 7.97. The van der Waals surface area contributed by atoms with Crippen LogP contribution >= 0.6 is 0 Å². The molecule has 0 aromatic carbocycles. The van der Waals surface area contributed by atoms with Crippen molar-refractivity contribution >= 4 is 5.96 Å². The van der Waals surface area contributed by atoms with Crippen molar-refractivity contribution in [2.75, 3.05) is 46.6 Å². The van der Waals surface area contributed by atoms with E-state index < -0.39 is 24.0 Å². The normalized spacial score (nSPS) is 14.8. The third-order valence-corrected chi connectivity index (χ3v) is 3.93. The lowest BCUT2D eigenvalue weighted by Crippen LogP contribution is -2.48. The van der Waals surface area contributed by atoms with Crippen LogP contribution in [0, 0.1) is 0 Å². The summed E-state index contributed by atoms with van der Waals surface area (Å²) >= 11 is 0. The summed E-state index contributed by atoms with van der Waals surface area (Å²) < 4.78 is 51.9. The Hall–Kier alpha value is -1.85. The van der Waals surface area contributed by atoms with Crippen LogP contribution in [0.1, 0.15) is 25.6 Å². The molecule has 0 saturated heterocycles. The molecule has 0 fully saturated rings. The number of halogens is 3. The van der Waals surface area contributed by atoms with E-state index >= 15 is 0 Å². The molecule has 11 heteroatoms. The molecule has 0 spiro atoms. The van der Waals surface area contributed by atoms with Gasteiger partial charge < -0.3 is 29.8 Å². The number of aryl methyl sites for hydroxylation is 1. The molecule has 1 unspecified atom stereocenters. The molecule has 1 atom stereocenters. The van der Waals surface area contributed by atoms with Crippen LogP contribution in [0.5, 0.6) is 0 Å². The number of aliphatic hydroxyl groups is 1. The molecule has 0 aliphatic carbocycles. The number of hydrogen-bond donors (Lipinski definition) is 3. The second-order valence-corrected chi connectivity index (χ2v) is 6.12. The molecule has 0 radical (unpaired) electrons. The molecule has 8 nitrogen and oxygen atoms in total. The maximum absolute atomic E-state index is 13.5. The van der Waals surface area contributed by atoms with Crippen molar-refractivity contribution in [3.05, 3.63) is 18.2 Å². The van der Waals surface area contributed by atoms with E-state index in [1.807, 2.05) is 6.92 Å². The zero-order valence-corrected chi connectivity index (χ0v) is 16.6. The SMILES string of the molecule is CCNC(=NCCCOCCOC)NCCC(O)(c1nccn1C)C(F)(F)F. The molecule has 0 bridgehead atoms. The monoisotopic (exact) mass is 409 g/mol. The van der Waals surface area contributed by atoms with E-state index in [0.29, 0.717) is 45.3 Å². The summed E-state index contributed by atoms with van der Waals surface area (Å²) in [6, 6.07) is 0. The van der Waals surface area contributed by atoms with Crippen LogP contribution in [0.25, 0.3) is 0 Å². The van der Waals surface area contributed by atoms with Crippen molar-refractivity contribution in [2.24, 2.45) is 12.0 Å². The number of aromatic nitrogens is 2. The van der Waals surface area contributed by atoms with Gasteiger partial charge in [0.2, 0.25) is 5.60 Å². The van der Waals surface area contributed by atoms with Gasteiger partial charge in [-0.1, -0.05) is 0 Å². The van der Waals surface area contributed by atoms with Gasteiger partial charge in [-0.2, -0.15) is 13.2 Å². The molecule has 1 aromatic heterocycles. The van der Waals surface area contributed by atoms with Gasteiger partial charge >= 0.3 is 6.18 Å². The fourth-order valence-electron chi connectivity index (χ4n) is 2.45. The number of rotatable bonds is 12. The summed E-state index contributed by atoms with van der Waals surface area (Å²) in [5.74, 6) is -0.0688. The minimum atomic E-state index is -4.86. The highest BCUT2D eigenvalue weighted by atomic mass is 19.4. The summed E-state index contributed by atoms with van der Waals surface area (Å²) in [7, 11) is 3.00. The Kier molecular flexibility index (Phi) is 10.3. The predicted octanol–water partition coefficient (Wildman–Crippen LogP) is 1.17. The van der Waals surface area contributed by atoms with E-state index in [1.165, 1.54) is 19.4 Å².